The Kier molecular flexibility index (Phi) is 8.62. The van der Waals surface area contributed by atoms with Gasteiger partial charge in [-0.25, -0.2) is 0 Å². The fourth-order valence-electron chi connectivity index (χ4n) is 0.253. The van der Waals surface area contributed by atoms with Gasteiger partial charge in [0.05, 0.1) is 6.42 Å². The van der Waals surface area contributed by atoms with Crippen LogP contribution in [0.3, 0.4) is 0 Å². The van der Waals surface area contributed by atoms with Gasteiger partial charge in [-0.1, -0.05) is 6.92 Å². The SMILES string of the molecule is CC(S)CC(=O)O.[NaH]. The van der Waals surface area contributed by atoms with E-state index < -0.39 is 5.97 Å². The molecule has 0 radical (unpaired) electrons. The molecule has 1 N–H and O–H groups in total. The second kappa shape index (κ2) is 5.95. The van der Waals surface area contributed by atoms with Crippen molar-refractivity contribution in [3.8, 4) is 0 Å². The van der Waals surface area contributed by atoms with Crippen molar-refractivity contribution in [2.24, 2.45) is 0 Å². The summed E-state index contributed by atoms with van der Waals surface area (Å²) >= 11 is 3.86. The molecule has 8 heavy (non-hydrogen) atoms. The molecule has 0 aromatic heterocycles. The van der Waals surface area contributed by atoms with Crippen molar-refractivity contribution >= 4 is 48.2 Å². The maximum atomic E-state index is 9.76. The van der Waals surface area contributed by atoms with Gasteiger partial charge in [0, 0.05) is 5.25 Å². The topological polar surface area (TPSA) is 37.3 Å². The van der Waals surface area contributed by atoms with Crippen LogP contribution in [0.2, 0.25) is 0 Å². The van der Waals surface area contributed by atoms with Crippen molar-refractivity contribution in [2.75, 3.05) is 0 Å². The molecule has 44 valence electrons. The molecule has 0 aromatic rings. The zero-order chi connectivity index (χ0) is 5.86. The molecule has 4 heteroatoms. The Morgan fingerprint density at radius 2 is 2.25 bits per heavy atom. The van der Waals surface area contributed by atoms with Gasteiger partial charge in [-0.05, 0) is 0 Å². The first-order valence-corrected chi connectivity index (χ1v) is 2.54. The third kappa shape index (κ3) is 9.94. The van der Waals surface area contributed by atoms with E-state index in [1.54, 1.807) is 6.92 Å². The first-order valence-electron chi connectivity index (χ1n) is 2.03. The average Bonchev–Trinajstić information content (AvgIpc) is 1.27. The van der Waals surface area contributed by atoms with Crippen molar-refractivity contribution in [1.82, 2.24) is 0 Å². The molecular weight excluding hydrogens is 135 g/mol. The van der Waals surface area contributed by atoms with Gasteiger partial charge >= 0.3 is 35.5 Å². The van der Waals surface area contributed by atoms with E-state index in [1.165, 1.54) is 0 Å². The molecule has 0 bridgehead atoms. The Morgan fingerprint density at radius 1 is 1.88 bits per heavy atom. The number of rotatable bonds is 2. The summed E-state index contributed by atoms with van der Waals surface area (Å²) in [5, 5.41) is 8.00. The molecule has 0 saturated carbocycles. The molecule has 0 aliphatic rings. The van der Waals surface area contributed by atoms with Crippen molar-refractivity contribution in [2.45, 2.75) is 18.6 Å². The van der Waals surface area contributed by atoms with Crippen LogP contribution in [0, 0.1) is 0 Å². The van der Waals surface area contributed by atoms with Gasteiger partial charge in [-0.15, -0.1) is 0 Å². The number of carboxylic acids is 1. The van der Waals surface area contributed by atoms with Gasteiger partial charge in [0.2, 0.25) is 0 Å². The zero-order valence-electron chi connectivity index (χ0n) is 4.09. The molecule has 1 atom stereocenters. The number of hydrogen-bond donors (Lipinski definition) is 2. The first-order chi connectivity index (χ1) is 3.13. The van der Waals surface area contributed by atoms with E-state index in [4.69, 9.17) is 5.11 Å². The molecule has 0 heterocycles. The van der Waals surface area contributed by atoms with Crippen LogP contribution >= 0.6 is 12.6 Å². The van der Waals surface area contributed by atoms with Crippen LogP contribution in [0.4, 0.5) is 0 Å². The number of carbonyl (C=O) groups is 1. The molecule has 0 aliphatic heterocycles. The van der Waals surface area contributed by atoms with Crippen LogP contribution in [0.1, 0.15) is 13.3 Å². The van der Waals surface area contributed by atoms with E-state index in [0.29, 0.717) is 0 Å². The van der Waals surface area contributed by atoms with Gasteiger partial charge in [0.1, 0.15) is 0 Å². The Morgan fingerprint density at radius 3 is 2.25 bits per heavy atom. The van der Waals surface area contributed by atoms with Crippen molar-refractivity contribution in [1.29, 1.82) is 0 Å². The van der Waals surface area contributed by atoms with Crippen molar-refractivity contribution in [3.63, 3.8) is 0 Å². The molecular formula is C4H9NaO2S. The summed E-state index contributed by atoms with van der Waals surface area (Å²) in [7, 11) is 0. The molecule has 0 aliphatic carbocycles. The fraction of sp³-hybridized carbons (Fsp3) is 0.750. The van der Waals surface area contributed by atoms with Crippen LogP contribution < -0.4 is 0 Å². The molecule has 2 nitrogen and oxygen atoms in total. The van der Waals surface area contributed by atoms with Crippen molar-refractivity contribution < 1.29 is 9.90 Å². The molecule has 0 rings (SSSR count). The third-order valence-electron chi connectivity index (χ3n) is 0.470. The van der Waals surface area contributed by atoms with Gasteiger partial charge in [0.15, 0.2) is 0 Å². The van der Waals surface area contributed by atoms with E-state index in [0.717, 1.165) is 0 Å². The second-order valence-electron chi connectivity index (χ2n) is 1.45. The van der Waals surface area contributed by atoms with Gasteiger partial charge in [-0.3, -0.25) is 4.79 Å². The quantitative estimate of drug-likeness (QED) is 0.427. The number of hydrogen-bond acceptors (Lipinski definition) is 2. The standard InChI is InChI=1S/C4H8O2S.Na.H/c1-3(7)2-4(5)6;;/h3,7H,2H2,1H3,(H,5,6);;. The van der Waals surface area contributed by atoms with Crippen LogP contribution in [0.25, 0.3) is 0 Å². The van der Waals surface area contributed by atoms with Gasteiger partial charge < -0.3 is 5.11 Å². The Hall–Kier alpha value is 0.820. The molecule has 0 amide bonds. The first kappa shape index (κ1) is 11.6. The van der Waals surface area contributed by atoms with Crippen LogP contribution in [0.15, 0.2) is 0 Å². The predicted molar refractivity (Wildman–Crippen MR) is 37.8 cm³/mol. The minimum absolute atomic E-state index is 0. The predicted octanol–water partition coefficient (Wildman–Crippen LogP) is 0.131. The summed E-state index contributed by atoms with van der Waals surface area (Å²) in [4.78, 5) is 9.76. The van der Waals surface area contributed by atoms with E-state index in [-0.39, 0.29) is 41.2 Å². The minimum atomic E-state index is -0.789. The number of thiol groups is 1. The second-order valence-corrected chi connectivity index (χ2v) is 2.33. The van der Waals surface area contributed by atoms with E-state index in [2.05, 4.69) is 12.6 Å². The third-order valence-corrected chi connectivity index (χ3v) is 0.653. The van der Waals surface area contributed by atoms with Gasteiger partial charge in [-0.2, -0.15) is 12.6 Å². The molecule has 1 unspecified atom stereocenters. The summed E-state index contributed by atoms with van der Waals surface area (Å²) in [6, 6.07) is 0. The summed E-state index contributed by atoms with van der Waals surface area (Å²) in [5.41, 5.74) is 0. The zero-order valence-corrected chi connectivity index (χ0v) is 4.98. The fourth-order valence-corrected chi connectivity index (χ4v) is 0.409. The summed E-state index contributed by atoms with van der Waals surface area (Å²) in [6.45, 7) is 1.75. The number of carboxylic acid groups (broad SMARTS) is 1. The van der Waals surface area contributed by atoms with Crippen LogP contribution in [-0.2, 0) is 4.79 Å². The van der Waals surface area contributed by atoms with E-state index >= 15 is 0 Å². The van der Waals surface area contributed by atoms with Gasteiger partial charge in [0.25, 0.3) is 0 Å². The average molecular weight is 144 g/mol. The molecule has 0 spiro atoms. The van der Waals surface area contributed by atoms with Crippen LogP contribution in [-0.4, -0.2) is 45.9 Å². The molecule has 0 fully saturated rings. The number of aliphatic carboxylic acids is 1. The Balaban J connectivity index is 0. The Labute approximate surface area is 76.4 Å². The Bertz CT molecular complexity index is 74.4. The van der Waals surface area contributed by atoms with E-state index in [1.807, 2.05) is 0 Å². The summed E-state index contributed by atoms with van der Waals surface area (Å²) in [6.07, 6.45) is 0.142. The van der Waals surface area contributed by atoms with Crippen molar-refractivity contribution in [3.05, 3.63) is 0 Å². The summed E-state index contributed by atoms with van der Waals surface area (Å²) in [5.74, 6) is -0.789. The van der Waals surface area contributed by atoms with E-state index in [9.17, 15) is 4.79 Å². The maximum absolute atomic E-state index is 9.76. The summed E-state index contributed by atoms with van der Waals surface area (Å²) < 4.78 is 0. The normalized spacial score (nSPS) is 11.8. The van der Waals surface area contributed by atoms with Crippen LogP contribution in [0.5, 0.6) is 0 Å². The molecule has 0 aromatic carbocycles. The monoisotopic (exact) mass is 144 g/mol. The molecule has 0 saturated heterocycles.